The highest BCUT2D eigenvalue weighted by molar-refractivity contribution is 6.34. The molecule has 0 aliphatic carbocycles. The van der Waals surface area contributed by atoms with Crippen LogP contribution in [0.1, 0.15) is 13.8 Å². The number of hydrogen-bond donors (Lipinski definition) is 1. The van der Waals surface area contributed by atoms with Crippen molar-refractivity contribution in [3.8, 4) is 0 Å². The van der Waals surface area contributed by atoms with Crippen LogP contribution in [0, 0.1) is 0 Å². The molecule has 23 heavy (non-hydrogen) atoms. The third-order valence-electron chi connectivity index (χ3n) is 3.09. The van der Waals surface area contributed by atoms with Gasteiger partial charge in [0.1, 0.15) is 11.5 Å². The maximum atomic E-state index is 11.8. The highest BCUT2D eigenvalue weighted by Crippen LogP contribution is 2.25. The molecule has 3 rings (SSSR count). The second-order valence-electron chi connectivity index (χ2n) is 5.28. The number of fused-ring (bicyclic) bond motifs is 1. The number of esters is 2. The van der Waals surface area contributed by atoms with E-state index in [4.69, 9.17) is 21.1 Å². The lowest BCUT2D eigenvalue weighted by atomic mass is 10.2. The number of nitrogens with one attached hydrogen (secondary N) is 1. The first-order valence-corrected chi connectivity index (χ1v) is 7.07. The Kier molecular flexibility index (Phi) is 3.65. The summed E-state index contributed by atoms with van der Waals surface area (Å²) in [6.07, 6.45) is 2.61. The molecule has 118 valence electrons. The number of halogens is 1. The summed E-state index contributed by atoms with van der Waals surface area (Å²) in [4.78, 5) is 31.7. The Morgan fingerprint density at radius 3 is 2.57 bits per heavy atom. The summed E-state index contributed by atoms with van der Waals surface area (Å²) < 4.78 is 10.0. The summed E-state index contributed by atoms with van der Waals surface area (Å²) in [5, 5.41) is 3.80. The predicted octanol–water partition coefficient (Wildman–Crippen LogP) is 2.42. The van der Waals surface area contributed by atoms with Crippen molar-refractivity contribution in [2.75, 3.05) is 5.32 Å². The zero-order valence-corrected chi connectivity index (χ0v) is 13.0. The van der Waals surface area contributed by atoms with E-state index in [1.54, 1.807) is 18.2 Å². The van der Waals surface area contributed by atoms with Crippen molar-refractivity contribution in [1.29, 1.82) is 0 Å². The van der Waals surface area contributed by atoms with Crippen molar-refractivity contribution in [2.45, 2.75) is 19.6 Å². The number of aromatic nitrogens is 2. The molecule has 0 spiro atoms. The molecule has 1 N–H and O–H groups in total. The average molecular weight is 334 g/mol. The Balaban J connectivity index is 1.86. The van der Waals surface area contributed by atoms with Crippen LogP contribution in [-0.4, -0.2) is 27.7 Å². The van der Waals surface area contributed by atoms with Crippen molar-refractivity contribution >= 4 is 40.1 Å². The fraction of sp³-hybridized carbons (Fsp3) is 0.200. The minimum Gasteiger partial charge on any atom is -0.419 e. The van der Waals surface area contributed by atoms with E-state index < -0.39 is 17.7 Å². The quantitative estimate of drug-likeness (QED) is 0.390. The van der Waals surface area contributed by atoms with Crippen LogP contribution in [0.2, 0.25) is 5.15 Å². The number of anilines is 1. The van der Waals surface area contributed by atoms with E-state index in [0.29, 0.717) is 21.7 Å². The van der Waals surface area contributed by atoms with E-state index in [1.807, 2.05) is 0 Å². The van der Waals surface area contributed by atoms with Gasteiger partial charge in [0.15, 0.2) is 5.57 Å². The molecule has 1 aromatic carbocycles. The van der Waals surface area contributed by atoms with Crippen molar-refractivity contribution in [1.82, 2.24) is 9.97 Å². The molecule has 0 bridgehead atoms. The van der Waals surface area contributed by atoms with Gasteiger partial charge in [-0.3, -0.25) is 0 Å². The summed E-state index contributed by atoms with van der Waals surface area (Å²) in [6.45, 7) is 2.97. The Bertz CT molecular complexity index is 826. The normalized spacial score (nSPS) is 16.7. The molecule has 1 saturated heterocycles. The zero-order valence-electron chi connectivity index (χ0n) is 12.3. The van der Waals surface area contributed by atoms with Gasteiger partial charge in [-0.1, -0.05) is 11.6 Å². The molecule has 2 aromatic rings. The number of hydrogen-bond acceptors (Lipinski definition) is 7. The summed E-state index contributed by atoms with van der Waals surface area (Å²) >= 11 is 6.01. The monoisotopic (exact) mass is 333 g/mol. The number of rotatable bonds is 2. The number of benzene rings is 1. The molecule has 0 radical (unpaired) electrons. The molecule has 0 saturated carbocycles. The van der Waals surface area contributed by atoms with E-state index >= 15 is 0 Å². The zero-order chi connectivity index (χ0) is 16.6. The molecule has 0 atom stereocenters. The van der Waals surface area contributed by atoms with Gasteiger partial charge in [-0.25, -0.2) is 19.6 Å². The van der Waals surface area contributed by atoms with Crippen molar-refractivity contribution in [2.24, 2.45) is 0 Å². The van der Waals surface area contributed by atoms with Gasteiger partial charge in [-0.2, -0.15) is 0 Å². The lowest BCUT2D eigenvalue weighted by Gasteiger charge is -2.29. The maximum Gasteiger partial charge on any atom is 0.350 e. The van der Waals surface area contributed by atoms with Gasteiger partial charge in [0.2, 0.25) is 0 Å². The van der Waals surface area contributed by atoms with Gasteiger partial charge in [-0.05, 0) is 18.2 Å². The SMILES string of the molecule is CC1(C)OC(=O)C(=CNc2ccc3ncnc(Cl)c3c2)C(=O)O1. The number of carbonyl (C=O) groups is 2. The second-order valence-corrected chi connectivity index (χ2v) is 5.64. The molecule has 1 aromatic heterocycles. The van der Waals surface area contributed by atoms with Crippen molar-refractivity contribution in [3.05, 3.63) is 41.5 Å². The molecule has 0 amide bonds. The Labute approximate surface area is 136 Å². The first-order chi connectivity index (χ1) is 10.9. The molecular formula is C15H12ClN3O4. The molecule has 0 unspecified atom stereocenters. The molecule has 8 heteroatoms. The average Bonchev–Trinajstić information content (AvgIpc) is 2.46. The first-order valence-electron chi connectivity index (χ1n) is 6.69. The third kappa shape index (κ3) is 3.09. The Hall–Kier alpha value is -2.67. The molecule has 1 fully saturated rings. The molecule has 1 aliphatic heterocycles. The largest absolute Gasteiger partial charge is 0.419 e. The number of carbonyl (C=O) groups excluding carboxylic acids is 2. The first kappa shape index (κ1) is 15.2. The van der Waals surface area contributed by atoms with Gasteiger partial charge >= 0.3 is 11.9 Å². The second kappa shape index (κ2) is 5.51. The Morgan fingerprint density at radius 2 is 1.87 bits per heavy atom. The summed E-state index contributed by atoms with van der Waals surface area (Å²) in [6, 6.07) is 5.18. The topological polar surface area (TPSA) is 90.4 Å². The van der Waals surface area contributed by atoms with Crippen molar-refractivity contribution in [3.63, 3.8) is 0 Å². The van der Waals surface area contributed by atoms with Crippen LogP contribution in [-0.2, 0) is 19.1 Å². The van der Waals surface area contributed by atoms with Gasteiger partial charge < -0.3 is 14.8 Å². The minimum absolute atomic E-state index is 0.222. The van der Waals surface area contributed by atoms with E-state index in [9.17, 15) is 9.59 Å². The molecule has 7 nitrogen and oxygen atoms in total. The lowest BCUT2D eigenvalue weighted by Crippen LogP contribution is -2.42. The van der Waals surface area contributed by atoms with Gasteiger partial charge in [0.05, 0.1) is 5.52 Å². The van der Waals surface area contributed by atoms with E-state index in [0.717, 1.165) is 0 Å². The third-order valence-corrected chi connectivity index (χ3v) is 3.39. The predicted molar refractivity (Wildman–Crippen MR) is 82.5 cm³/mol. The van der Waals surface area contributed by atoms with E-state index in [1.165, 1.54) is 26.4 Å². The van der Waals surface area contributed by atoms with E-state index in [-0.39, 0.29) is 5.57 Å². The summed E-state index contributed by atoms with van der Waals surface area (Å²) in [5.41, 5.74) is 1.06. The molecule has 1 aliphatic rings. The highest BCUT2D eigenvalue weighted by atomic mass is 35.5. The van der Waals surface area contributed by atoms with Gasteiger partial charge in [0.25, 0.3) is 5.79 Å². The lowest BCUT2D eigenvalue weighted by molar-refractivity contribution is -0.222. The van der Waals surface area contributed by atoms with Crippen LogP contribution in [0.25, 0.3) is 10.9 Å². The molecule has 2 heterocycles. The molecular weight excluding hydrogens is 322 g/mol. The van der Waals surface area contributed by atoms with Crippen LogP contribution in [0.3, 0.4) is 0 Å². The van der Waals surface area contributed by atoms with Gasteiger partial charge in [-0.15, -0.1) is 0 Å². The van der Waals surface area contributed by atoms with Crippen LogP contribution in [0.5, 0.6) is 0 Å². The minimum atomic E-state index is -1.26. The standard InChI is InChI=1S/C15H12ClN3O4/c1-15(2)22-13(20)10(14(21)23-15)6-17-8-3-4-11-9(5-8)12(16)19-7-18-11/h3-7,17H,1-2H3. The highest BCUT2D eigenvalue weighted by Gasteiger charge is 2.38. The smallest absolute Gasteiger partial charge is 0.350 e. The summed E-state index contributed by atoms with van der Waals surface area (Å²) in [7, 11) is 0. The Morgan fingerprint density at radius 1 is 1.17 bits per heavy atom. The van der Waals surface area contributed by atoms with Crippen LogP contribution in [0.15, 0.2) is 36.3 Å². The number of cyclic esters (lactones) is 2. The van der Waals surface area contributed by atoms with Crippen molar-refractivity contribution < 1.29 is 19.1 Å². The van der Waals surface area contributed by atoms with Gasteiger partial charge in [0, 0.05) is 31.1 Å². The number of ether oxygens (including phenoxy) is 2. The fourth-order valence-electron chi connectivity index (χ4n) is 2.05. The maximum absolute atomic E-state index is 11.8. The van der Waals surface area contributed by atoms with Crippen LogP contribution in [0.4, 0.5) is 5.69 Å². The van der Waals surface area contributed by atoms with Crippen LogP contribution < -0.4 is 5.32 Å². The van der Waals surface area contributed by atoms with Crippen LogP contribution >= 0.6 is 11.6 Å². The fourth-order valence-corrected chi connectivity index (χ4v) is 2.24. The van der Waals surface area contributed by atoms with E-state index in [2.05, 4.69) is 15.3 Å². The summed E-state index contributed by atoms with van der Waals surface area (Å²) in [5.74, 6) is -2.76. The number of nitrogens with zero attached hydrogens (tertiary/aromatic N) is 2.